The molecule has 6 heteroatoms. The van der Waals surface area contributed by atoms with E-state index in [4.69, 9.17) is 0 Å². The molecular weight excluding hydrogens is 350 g/mol. The number of para-hydroxylation sites is 1. The minimum Gasteiger partial charge on any atom is -0.272 e. The third-order valence-electron chi connectivity index (χ3n) is 3.61. The van der Waals surface area contributed by atoms with Crippen LogP contribution in [0.1, 0.15) is 30.9 Å². The zero-order chi connectivity index (χ0) is 17.6. The molecule has 0 aliphatic carbocycles. The number of hydrogen-bond donors (Lipinski definition) is 1. The minimum atomic E-state index is -0.140. The molecule has 1 amide bonds. The lowest BCUT2D eigenvalue weighted by molar-refractivity contribution is -0.118. The van der Waals surface area contributed by atoms with Gasteiger partial charge in [-0.05, 0) is 29.2 Å². The van der Waals surface area contributed by atoms with Crippen molar-refractivity contribution in [3.05, 3.63) is 59.7 Å². The van der Waals surface area contributed by atoms with Crippen LogP contribution >= 0.6 is 23.1 Å². The average molecular weight is 370 g/mol. The normalized spacial score (nSPS) is 11.5. The summed E-state index contributed by atoms with van der Waals surface area (Å²) in [5.41, 5.74) is 5.78. The molecule has 0 bridgehead atoms. The highest BCUT2D eigenvalue weighted by molar-refractivity contribution is 8.01. The van der Waals surface area contributed by atoms with Crippen LogP contribution in [0, 0.1) is 0 Å². The summed E-state index contributed by atoms with van der Waals surface area (Å²) in [7, 11) is 0. The van der Waals surface area contributed by atoms with Crippen molar-refractivity contribution >= 4 is 45.4 Å². The van der Waals surface area contributed by atoms with Crippen LogP contribution in [-0.4, -0.2) is 22.9 Å². The summed E-state index contributed by atoms with van der Waals surface area (Å²) in [6, 6.07) is 16.1. The van der Waals surface area contributed by atoms with Gasteiger partial charge in [0, 0.05) is 0 Å². The Morgan fingerprint density at radius 1 is 1.24 bits per heavy atom. The highest BCUT2D eigenvalue weighted by atomic mass is 32.2. The lowest BCUT2D eigenvalue weighted by Gasteiger charge is -2.04. The van der Waals surface area contributed by atoms with E-state index in [9.17, 15) is 4.79 Å². The van der Waals surface area contributed by atoms with Crippen LogP contribution in [0.3, 0.4) is 0 Å². The van der Waals surface area contributed by atoms with Gasteiger partial charge in [0.2, 0.25) is 0 Å². The summed E-state index contributed by atoms with van der Waals surface area (Å²) in [5, 5.41) is 4.02. The van der Waals surface area contributed by atoms with Gasteiger partial charge in [0.1, 0.15) is 0 Å². The van der Waals surface area contributed by atoms with Crippen molar-refractivity contribution < 1.29 is 4.79 Å². The molecule has 0 saturated carbocycles. The number of nitrogens with one attached hydrogen (secondary N) is 1. The highest BCUT2D eigenvalue weighted by Crippen LogP contribution is 2.28. The summed E-state index contributed by atoms with van der Waals surface area (Å²) >= 11 is 3.02. The fraction of sp³-hybridized carbons (Fsp3) is 0.211. The number of carbonyl (C=O) groups excluding carboxylic acids is 1. The minimum absolute atomic E-state index is 0.140. The Hall–Kier alpha value is -2.18. The molecule has 2 aromatic carbocycles. The summed E-state index contributed by atoms with van der Waals surface area (Å²) in [5.74, 6) is 0.660. The van der Waals surface area contributed by atoms with E-state index in [0.717, 1.165) is 20.1 Å². The third kappa shape index (κ3) is 4.90. The predicted octanol–water partition coefficient (Wildman–Crippen LogP) is 4.66. The van der Waals surface area contributed by atoms with Crippen molar-refractivity contribution in [1.82, 2.24) is 10.4 Å². The first-order valence-corrected chi connectivity index (χ1v) is 9.82. The molecular formula is C19H19N3OS2. The molecule has 0 atom stereocenters. The quantitative estimate of drug-likeness (QED) is 0.390. The summed E-state index contributed by atoms with van der Waals surface area (Å²) in [6.45, 7) is 4.32. The van der Waals surface area contributed by atoms with E-state index < -0.39 is 0 Å². The van der Waals surface area contributed by atoms with Gasteiger partial charge in [-0.3, -0.25) is 4.79 Å². The first kappa shape index (κ1) is 17.6. The second-order valence-electron chi connectivity index (χ2n) is 5.85. The molecule has 0 unspecified atom stereocenters. The van der Waals surface area contributed by atoms with E-state index in [2.05, 4.69) is 41.5 Å². The molecule has 1 aromatic heterocycles. The molecule has 128 valence electrons. The third-order valence-corrected chi connectivity index (χ3v) is 5.79. The number of thioether (sulfide) groups is 1. The highest BCUT2D eigenvalue weighted by Gasteiger charge is 2.06. The zero-order valence-electron chi connectivity index (χ0n) is 14.1. The number of thiazole rings is 1. The van der Waals surface area contributed by atoms with Gasteiger partial charge >= 0.3 is 0 Å². The SMILES string of the molecule is CC(C)c1ccc(/C=N\NC(=O)CSc2nc3ccccc3s2)cc1. The number of benzene rings is 2. The number of amides is 1. The maximum atomic E-state index is 11.9. The lowest BCUT2D eigenvalue weighted by Crippen LogP contribution is -2.19. The standard InChI is InChI=1S/C19H19N3OS2/c1-13(2)15-9-7-14(8-10-15)11-20-22-18(23)12-24-19-21-16-5-3-4-6-17(16)25-19/h3-11,13H,12H2,1-2H3,(H,22,23)/b20-11-. The molecule has 0 radical (unpaired) electrons. The monoisotopic (exact) mass is 369 g/mol. The molecule has 1 N–H and O–H groups in total. The Kier molecular flexibility index (Phi) is 5.83. The number of carbonyl (C=O) groups is 1. The van der Waals surface area contributed by atoms with E-state index in [-0.39, 0.29) is 5.91 Å². The number of hydrogen-bond acceptors (Lipinski definition) is 5. The second-order valence-corrected chi connectivity index (χ2v) is 8.10. The molecule has 25 heavy (non-hydrogen) atoms. The lowest BCUT2D eigenvalue weighted by atomic mass is 10.0. The van der Waals surface area contributed by atoms with Gasteiger partial charge in [-0.2, -0.15) is 5.10 Å². The van der Waals surface area contributed by atoms with Crippen LogP contribution in [0.15, 0.2) is 58.0 Å². The molecule has 4 nitrogen and oxygen atoms in total. The van der Waals surface area contributed by atoms with Crippen LogP contribution in [0.2, 0.25) is 0 Å². The molecule has 0 fully saturated rings. The Balaban J connectivity index is 1.48. The molecule has 0 saturated heterocycles. The largest absolute Gasteiger partial charge is 0.272 e. The van der Waals surface area contributed by atoms with Gasteiger partial charge in [-0.1, -0.05) is 62.0 Å². The Morgan fingerprint density at radius 2 is 2.00 bits per heavy atom. The van der Waals surface area contributed by atoms with Crippen molar-refractivity contribution in [3.8, 4) is 0 Å². The molecule has 0 aliphatic rings. The number of aromatic nitrogens is 1. The Morgan fingerprint density at radius 3 is 2.72 bits per heavy atom. The Labute approximate surface area is 155 Å². The average Bonchev–Trinajstić information content (AvgIpc) is 3.03. The Bertz CT molecular complexity index is 852. The molecule has 1 heterocycles. The van der Waals surface area contributed by atoms with Crippen LogP contribution < -0.4 is 5.43 Å². The maximum Gasteiger partial charge on any atom is 0.250 e. The van der Waals surface area contributed by atoms with Crippen LogP contribution in [-0.2, 0) is 4.79 Å². The molecule has 3 rings (SSSR count). The summed E-state index contributed by atoms with van der Waals surface area (Å²) in [4.78, 5) is 16.4. The van der Waals surface area contributed by atoms with E-state index in [1.807, 2.05) is 36.4 Å². The summed E-state index contributed by atoms with van der Waals surface area (Å²) < 4.78 is 2.03. The van der Waals surface area contributed by atoms with E-state index in [1.54, 1.807) is 17.6 Å². The number of nitrogens with zero attached hydrogens (tertiary/aromatic N) is 2. The molecule has 0 aliphatic heterocycles. The zero-order valence-corrected chi connectivity index (χ0v) is 15.7. The fourth-order valence-corrected chi connectivity index (χ4v) is 4.08. The van der Waals surface area contributed by atoms with Crippen LogP contribution in [0.4, 0.5) is 0 Å². The van der Waals surface area contributed by atoms with Crippen LogP contribution in [0.25, 0.3) is 10.2 Å². The topological polar surface area (TPSA) is 54.4 Å². The van der Waals surface area contributed by atoms with Gasteiger partial charge in [0.15, 0.2) is 4.34 Å². The summed E-state index contributed by atoms with van der Waals surface area (Å²) in [6.07, 6.45) is 1.66. The van der Waals surface area contributed by atoms with E-state index >= 15 is 0 Å². The molecule has 3 aromatic rings. The van der Waals surface area contributed by atoms with Crippen molar-refractivity contribution in [2.75, 3.05) is 5.75 Å². The first-order valence-electron chi connectivity index (χ1n) is 8.02. The number of hydrazone groups is 1. The second kappa shape index (κ2) is 8.27. The van der Waals surface area contributed by atoms with Crippen molar-refractivity contribution in [2.45, 2.75) is 24.1 Å². The fourth-order valence-electron chi connectivity index (χ4n) is 2.22. The van der Waals surface area contributed by atoms with E-state index in [1.165, 1.54) is 17.3 Å². The maximum absolute atomic E-state index is 11.9. The number of fused-ring (bicyclic) bond motifs is 1. The first-order chi connectivity index (χ1) is 12.1. The van der Waals surface area contributed by atoms with Crippen molar-refractivity contribution in [1.29, 1.82) is 0 Å². The smallest absolute Gasteiger partial charge is 0.250 e. The van der Waals surface area contributed by atoms with Crippen molar-refractivity contribution in [3.63, 3.8) is 0 Å². The van der Waals surface area contributed by atoms with Gasteiger partial charge in [0.05, 0.1) is 22.2 Å². The van der Waals surface area contributed by atoms with Crippen LogP contribution in [0.5, 0.6) is 0 Å². The number of rotatable bonds is 6. The van der Waals surface area contributed by atoms with E-state index in [0.29, 0.717) is 11.7 Å². The van der Waals surface area contributed by atoms with Gasteiger partial charge in [0.25, 0.3) is 5.91 Å². The predicted molar refractivity (Wildman–Crippen MR) is 107 cm³/mol. The van der Waals surface area contributed by atoms with Gasteiger partial charge in [-0.15, -0.1) is 11.3 Å². The van der Waals surface area contributed by atoms with Crippen molar-refractivity contribution in [2.24, 2.45) is 5.10 Å². The van der Waals surface area contributed by atoms with Gasteiger partial charge in [-0.25, -0.2) is 10.4 Å². The van der Waals surface area contributed by atoms with Gasteiger partial charge < -0.3 is 0 Å². The molecule has 0 spiro atoms.